The summed E-state index contributed by atoms with van der Waals surface area (Å²) in [6.07, 6.45) is 0.0239. The Labute approximate surface area is 110 Å². The monoisotopic (exact) mass is 262 g/mol. The number of carbonyl (C=O) groups excluding carboxylic acids is 1. The highest BCUT2D eigenvalue weighted by Crippen LogP contribution is 2.12. The summed E-state index contributed by atoms with van der Waals surface area (Å²) in [4.78, 5) is 11.8. The molecule has 1 N–H and O–H groups in total. The summed E-state index contributed by atoms with van der Waals surface area (Å²) in [6, 6.07) is 6.25. The molecule has 0 saturated heterocycles. The SMILES string of the molecule is Cc1noc(C)c1CNC(=O)Cc1ccccc1F. The van der Waals surface area contributed by atoms with E-state index in [9.17, 15) is 9.18 Å². The topological polar surface area (TPSA) is 55.1 Å². The van der Waals surface area contributed by atoms with Crippen LogP contribution >= 0.6 is 0 Å². The second-order valence-electron chi connectivity index (χ2n) is 4.35. The van der Waals surface area contributed by atoms with Crippen LogP contribution < -0.4 is 5.32 Å². The highest BCUT2D eigenvalue weighted by atomic mass is 19.1. The Morgan fingerprint density at radius 2 is 2.11 bits per heavy atom. The summed E-state index contributed by atoms with van der Waals surface area (Å²) < 4.78 is 18.4. The van der Waals surface area contributed by atoms with Gasteiger partial charge in [0.25, 0.3) is 0 Å². The first kappa shape index (κ1) is 13.3. The van der Waals surface area contributed by atoms with Crippen LogP contribution in [0.2, 0.25) is 0 Å². The number of carbonyl (C=O) groups is 1. The standard InChI is InChI=1S/C14H15FN2O2/c1-9-12(10(2)19-17-9)8-16-14(18)7-11-5-3-4-6-13(11)15/h3-6H,7-8H2,1-2H3,(H,16,18). The van der Waals surface area contributed by atoms with Crippen LogP contribution in [0.5, 0.6) is 0 Å². The van der Waals surface area contributed by atoms with Crippen molar-refractivity contribution in [2.24, 2.45) is 0 Å². The molecule has 19 heavy (non-hydrogen) atoms. The summed E-state index contributed by atoms with van der Waals surface area (Å²) in [5.41, 5.74) is 2.00. The second kappa shape index (κ2) is 5.65. The highest BCUT2D eigenvalue weighted by molar-refractivity contribution is 5.78. The van der Waals surface area contributed by atoms with Crippen LogP contribution in [-0.4, -0.2) is 11.1 Å². The van der Waals surface area contributed by atoms with Gasteiger partial charge in [-0.3, -0.25) is 4.79 Å². The molecule has 1 amide bonds. The lowest BCUT2D eigenvalue weighted by Crippen LogP contribution is -2.25. The molecule has 0 fully saturated rings. The Bertz CT molecular complexity index is 573. The van der Waals surface area contributed by atoms with Gasteiger partial charge in [-0.05, 0) is 25.5 Å². The molecule has 0 spiro atoms. The molecule has 4 nitrogen and oxygen atoms in total. The van der Waals surface area contributed by atoms with Gasteiger partial charge in [-0.1, -0.05) is 23.4 Å². The van der Waals surface area contributed by atoms with Crippen molar-refractivity contribution in [1.82, 2.24) is 10.5 Å². The summed E-state index contributed by atoms with van der Waals surface area (Å²) in [5.74, 6) is 0.0868. The van der Waals surface area contributed by atoms with E-state index in [1.54, 1.807) is 25.1 Å². The van der Waals surface area contributed by atoms with Gasteiger partial charge in [0.15, 0.2) is 0 Å². The molecule has 0 saturated carbocycles. The summed E-state index contributed by atoms with van der Waals surface area (Å²) in [6.45, 7) is 3.95. The molecule has 2 rings (SSSR count). The number of aromatic nitrogens is 1. The minimum absolute atomic E-state index is 0.0239. The van der Waals surface area contributed by atoms with Gasteiger partial charge in [-0.25, -0.2) is 4.39 Å². The maximum Gasteiger partial charge on any atom is 0.224 e. The van der Waals surface area contributed by atoms with E-state index < -0.39 is 0 Å². The van der Waals surface area contributed by atoms with Crippen molar-refractivity contribution in [1.29, 1.82) is 0 Å². The number of halogens is 1. The van der Waals surface area contributed by atoms with Gasteiger partial charge < -0.3 is 9.84 Å². The van der Waals surface area contributed by atoms with Gasteiger partial charge in [0.1, 0.15) is 11.6 Å². The molecular formula is C14H15FN2O2. The number of aryl methyl sites for hydroxylation is 2. The minimum atomic E-state index is -0.366. The highest BCUT2D eigenvalue weighted by Gasteiger charge is 2.11. The number of nitrogens with zero attached hydrogens (tertiary/aromatic N) is 1. The van der Waals surface area contributed by atoms with Crippen LogP contribution in [0.4, 0.5) is 4.39 Å². The molecule has 1 heterocycles. The Morgan fingerprint density at radius 1 is 1.37 bits per heavy atom. The van der Waals surface area contributed by atoms with Crippen LogP contribution in [-0.2, 0) is 17.8 Å². The Morgan fingerprint density at radius 3 is 2.74 bits per heavy atom. The predicted octanol–water partition coefficient (Wildman–Crippen LogP) is 2.29. The van der Waals surface area contributed by atoms with E-state index >= 15 is 0 Å². The first-order chi connectivity index (χ1) is 9.08. The van der Waals surface area contributed by atoms with Crippen LogP contribution in [0.3, 0.4) is 0 Å². The van der Waals surface area contributed by atoms with Crippen LogP contribution in [0.15, 0.2) is 28.8 Å². The van der Waals surface area contributed by atoms with E-state index in [0.717, 1.165) is 11.3 Å². The molecule has 0 atom stereocenters. The molecule has 100 valence electrons. The maximum atomic E-state index is 13.4. The molecular weight excluding hydrogens is 247 g/mol. The Hall–Kier alpha value is -2.17. The van der Waals surface area contributed by atoms with E-state index in [4.69, 9.17) is 4.52 Å². The van der Waals surface area contributed by atoms with Crippen molar-refractivity contribution in [3.05, 3.63) is 52.7 Å². The molecule has 2 aromatic rings. The molecule has 0 aliphatic carbocycles. The van der Waals surface area contributed by atoms with Crippen molar-refractivity contribution in [2.75, 3.05) is 0 Å². The second-order valence-corrected chi connectivity index (χ2v) is 4.35. The molecule has 0 aliphatic rings. The quantitative estimate of drug-likeness (QED) is 0.919. The van der Waals surface area contributed by atoms with Gasteiger partial charge in [-0.15, -0.1) is 0 Å². The van der Waals surface area contributed by atoms with Gasteiger partial charge in [-0.2, -0.15) is 0 Å². The lowest BCUT2D eigenvalue weighted by molar-refractivity contribution is -0.120. The zero-order valence-electron chi connectivity index (χ0n) is 10.9. The first-order valence-corrected chi connectivity index (χ1v) is 5.99. The first-order valence-electron chi connectivity index (χ1n) is 5.99. The Balaban J connectivity index is 1.94. The number of amides is 1. The van der Waals surface area contributed by atoms with Crippen molar-refractivity contribution < 1.29 is 13.7 Å². The van der Waals surface area contributed by atoms with Gasteiger partial charge in [0.2, 0.25) is 5.91 Å². The van der Waals surface area contributed by atoms with E-state index in [-0.39, 0.29) is 18.1 Å². The third-order valence-corrected chi connectivity index (χ3v) is 2.95. The van der Waals surface area contributed by atoms with Crippen LogP contribution in [0.1, 0.15) is 22.6 Å². The number of hydrogen-bond donors (Lipinski definition) is 1. The fraction of sp³-hybridized carbons (Fsp3) is 0.286. The number of hydrogen-bond acceptors (Lipinski definition) is 3. The van der Waals surface area contributed by atoms with Crippen molar-refractivity contribution in [2.45, 2.75) is 26.8 Å². The molecule has 0 aliphatic heterocycles. The molecule has 0 bridgehead atoms. The van der Waals surface area contributed by atoms with Crippen molar-refractivity contribution in [3.63, 3.8) is 0 Å². The summed E-state index contributed by atoms with van der Waals surface area (Å²) in [5, 5.41) is 6.54. The number of benzene rings is 1. The lowest BCUT2D eigenvalue weighted by atomic mass is 10.1. The predicted molar refractivity (Wildman–Crippen MR) is 67.9 cm³/mol. The van der Waals surface area contributed by atoms with Gasteiger partial charge in [0, 0.05) is 12.1 Å². The molecule has 1 aromatic carbocycles. The van der Waals surface area contributed by atoms with Crippen molar-refractivity contribution in [3.8, 4) is 0 Å². The number of nitrogens with one attached hydrogen (secondary N) is 1. The minimum Gasteiger partial charge on any atom is -0.361 e. The van der Waals surface area contributed by atoms with Crippen LogP contribution in [0.25, 0.3) is 0 Å². The van der Waals surface area contributed by atoms with E-state index in [1.165, 1.54) is 6.07 Å². The zero-order chi connectivity index (χ0) is 13.8. The average Bonchev–Trinajstić information content (AvgIpc) is 2.70. The van der Waals surface area contributed by atoms with E-state index in [2.05, 4.69) is 10.5 Å². The molecule has 0 unspecified atom stereocenters. The third kappa shape index (κ3) is 3.19. The van der Waals surface area contributed by atoms with Gasteiger partial charge >= 0.3 is 0 Å². The summed E-state index contributed by atoms with van der Waals surface area (Å²) in [7, 11) is 0. The van der Waals surface area contributed by atoms with Gasteiger partial charge in [0.05, 0.1) is 12.1 Å². The number of rotatable bonds is 4. The largest absolute Gasteiger partial charge is 0.361 e. The smallest absolute Gasteiger partial charge is 0.224 e. The average molecular weight is 262 g/mol. The van der Waals surface area contributed by atoms with E-state index in [1.807, 2.05) is 6.92 Å². The molecule has 1 aromatic heterocycles. The fourth-order valence-electron chi connectivity index (χ4n) is 1.82. The zero-order valence-corrected chi connectivity index (χ0v) is 10.9. The Kier molecular flexibility index (Phi) is 3.94. The molecule has 5 heteroatoms. The summed E-state index contributed by atoms with van der Waals surface area (Å²) >= 11 is 0. The van der Waals surface area contributed by atoms with E-state index in [0.29, 0.717) is 17.9 Å². The maximum absolute atomic E-state index is 13.4. The van der Waals surface area contributed by atoms with Crippen molar-refractivity contribution >= 4 is 5.91 Å². The fourth-order valence-corrected chi connectivity index (χ4v) is 1.82. The van der Waals surface area contributed by atoms with Crippen LogP contribution in [0, 0.1) is 19.7 Å². The molecule has 0 radical (unpaired) electrons. The third-order valence-electron chi connectivity index (χ3n) is 2.95. The normalized spacial score (nSPS) is 10.5. The lowest BCUT2D eigenvalue weighted by Gasteiger charge is -2.05.